The van der Waals surface area contributed by atoms with Crippen molar-refractivity contribution in [2.24, 2.45) is 7.05 Å². The first kappa shape index (κ1) is 14.2. The van der Waals surface area contributed by atoms with Gasteiger partial charge in [0.05, 0.1) is 11.8 Å². The predicted octanol–water partition coefficient (Wildman–Crippen LogP) is 2.31. The van der Waals surface area contributed by atoms with E-state index in [2.05, 4.69) is 26.3 Å². The Morgan fingerprint density at radius 1 is 1.47 bits per heavy atom. The van der Waals surface area contributed by atoms with E-state index >= 15 is 0 Å². The highest BCUT2D eigenvalue weighted by Gasteiger charge is 2.08. The number of benzene rings is 1. The highest BCUT2D eigenvalue weighted by molar-refractivity contribution is 9.10. The molecule has 5 heteroatoms. The smallest absolute Gasteiger partial charge is 0.0914 e. The van der Waals surface area contributed by atoms with Gasteiger partial charge in [-0.25, -0.2) is 0 Å². The third kappa shape index (κ3) is 3.89. The third-order valence-electron chi connectivity index (χ3n) is 3.00. The molecule has 0 aliphatic rings. The van der Waals surface area contributed by atoms with Crippen LogP contribution in [0.15, 0.2) is 34.9 Å². The van der Waals surface area contributed by atoms with Crippen LogP contribution in [0.1, 0.15) is 22.9 Å². The van der Waals surface area contributed by atoms with Crippen molar-refractivity contribution in [1.29, 1.82) is 0 Å². The van der Waals surface area contributed by atoms with Crippen LogP contribution in [0, 0.1) is 6.92 Å². The van der Waals surface area contributed by atoms with E-state index in [1.165, 1.54) is 0 Å². The standard InChI is InChI=1S/C14H18BrN3O/c1-10-12(9-18(2)17-10)7-16-8-14(19)11-4-3-5-13(15)6-11/h3-6,9,14,16,19H,7-8H2,1-2H3. The van der Waals surface area contributed by atoms with Crippen LogP contribution in [0.4, 0.5) is 0 Å². The molecule has 0 bridgehead atoms. The summed E-state index contributed by atoms with van der Waals surface area (Å²) in [5.41, 5.74) is 3.08. The van der Waals surface area contributed by atoms with Gasteiger partial charge in [-0.1, -0.05) is 28.1 Å². The number of rotatable bonds is 5. The van der Waals surface area contributed by atoms with E-state index in [0.717, 1.165) is 21.3 Å². The molecule has 0 saturated heterocycles. The summed E-state index contributed by atoms with van der Waals surface area (Å²) in [7, 11) is 1.91. The SMILES string of the molecule is Cc1nn(C)cc1CNCC(O)c1cccc(Br)c1. The number of aliphatic hydroxyl groups is 1. The van der Waals surface area contributed by atoms with Crippen LogP contribution in [-0.4, -0.2) is 21.4 Å². The summed E-state index contributed by atoms with van der Waals surface area (Å²) in [5.74, 6) is 0. The summed E-state index contributed by atoms with van der Waals surface area (Å²) in [6.07, 6.45) is 1.49. The lowest BCUT2D eigenvalue weighted by atomic mass is 10.1. The molecule has 2 rings (SSSR count). The molecule has 102 valence electrons. The summed E-state index contributed by atoms with van der Waals surface area (Å²) in [6, 6.07) is 7.73. The summed E-state index contributed by atoms with van der Waals surface area (Å²) in [4.78, 5) is 0. The van der Waals surface area contributed by atoms with E-state index in [4.69, 9.17) is 0 Å². The Bertz CT molecular complexity index is 553. The predicted molar refractivity (Wildman–Crippen MR) is 78.8 cm³/mol. The van der Waals surface area contributed by atoms with Gasteiger partial charge in [0.25, 0.3) is 0 Å². The second-order valence-electron chi connectivity index (χ2n) is 4.62. The summed E-state index contributed by atoms with van der Waals surface area (Å²) >= 11 is 3.41. The van der Waals surface area contributed by atoms with Crippen molar-refractivity contribution in [3.8, 4) is 0 Å². The molecule has 4 nitrogen and oxygen atoms in total. The molecule has 0 aliphatic heterocycles. The molecule has 0 radical (unpaired) electrons. The molecule has 0 aliphatic carbocycles. The molecule has 2 aromatic rings. The van der Waals surface area contributed by atoms with Crippen molar-refractivity contribution in [3.05, 3.63) is 51.8 Å². The normalized spacial score (nSPS) is 12.6. The first-order valence-corrected chi connectivity index (χ1v) is 6.99. The molecule has 1 heterocycles. The highest BCUT2D eigenvalue weighted by atomic mass is 79.9. The quantitative estimate of drug-likeness (QED) is 0.887. The molecule has 1 aromatic carbocycles. The van der Waals surface area contributed by atoms with E-state index < -0.39 is 6.10 Å². The largest absolute Gasteiger partial charge is 0.387 e. The van der Waals surface area contributed by atoms with E-state index in [1.807, 2.05) is 44.4 Å². The Morgan fingerprint density at radius 3 is 2.89 bits per heavy atom. The van der Waals surface area contributed by atoms with E-state index in [-0.39, 0.29) is 0 Å². The van der Waals surface area contributed by atoms with Gasteiger partial charge in [-0.3, -0.25) is 4.68 Å². The van der Waals surface area contributed by atoms with Crippen LogP contribution in [0.2, 0.25) is 0 Å². The minimum atomic E-state index is -0.505. The zero-order valence-electron chi connectivity index (χ0n) is 11.1. The van der Waals surface area contributed by atoms with Gasteiger partial charge < -0.3 is 10.4 Å². The average molecular weight is 324 g/mol. The molecular formula is C14H18BrN3O. The molecule has 19 heavy (non-hydrogen) atoms. The van der Waals surface area contributed by atoms with E-state index in [9.17, 15) is 5.11 Å². The maximum Gasteiger partial charge on any atom is 0.0914 e. The fourth-order valence-corrected chi connectivity index (χ4v) is 2.41. The van der Waals surface area contributed by atoms with Crippen molar-refractivity contribution in [1.82, 2.24) is 15.1 Å². The number of aromatic nitrogens is 2. The molecule has 0 spiro atoms. The zero-order chi connectivity index (χ0) is 13.8. The van der Waals surface area contributed by atoms with Gasteiger partial charge in [-0.05, 0) is 24.6 Å². The van der Waals surface area contributed by atoms with Gasteiger partial charge in [0.1, 0.15) is 0 Å². The maximum atomic E-state index is 10.1. The number of hydrogen-bond donors (Lipinski definition) is 2. The Balaban J connectivity index is 1.87. The Kier molecular flexibility index (Phi) is 4.74. The second kappa shape index (κ2) is 6.32. The fraction of sp³-hybridized carbons (Fsp3) is 0.357. The molecule has 0 fully saturated rings. The van der Waals surface area contributed by atoms with Crippen molar-refractivity contribution in [2.45, 2.75) is 19.6 Å². The van der Waals surface area contributed by atoms with E-state index in [0.29, 0.717) is 13.1 Å². The topological polar surface area (TPSA) is 50.1 Å². The van der Waals surface area contributed by atoms with Crippen LogP contribution < -0.4 is 5.32 Å². The summed E-state index contributed by atoms with van der Waals surface area (Å²) < 4.78 is 2.78. The lowest BCUT2D eigenvalue weighted by Gasteiger charge is -2.12. The maximum absolute atomic E-state index is 10.1. The van der Waals surface area contributed by atoms with Gasteiger partial charge >= 0.3 is 0 Å². The van der Waals surface area contributed by atoms with Gasteiger partial charge in [0, 0.05) is 36.4 Å². The number of aryl methyl sites for hydroxylation is 2. The van der Waals surface area contributed by atoms with E-state index in [1.54, 1.807) is 4.68 Å². The number of halogens is 1. The molecule has 0 saturated carbocycles. The summed E-state index contributed by atoms with van der Waals surface area (Å²) in [6.45, 7) is 3.22. The van der Waals surface area contributed by atoms with Crippen LogP contribution in [0.5, 0.6) is 0 Å². The van der Waals surface area contributed by atoms with Crippen molar-refractivity contribution in [2.75, 3.05) is 6.54 Å². The van der Waals surface area contributed by atoms with Crippen LogP contribution in [-0.2, 0) is 13.6 Å². The number of hydrogen-bond acceptors (Lipinski definition) is 3. The minimum Gasteiger partial charge on any atom is -0.387 e. The van der Waals surface area contributed by atoms with Crippen molar-refractivity contribution in [3.63, 3.8) is 0 Å². The number of nitrogens with one attached hydrogen (secondary N) is 1. The molecule has 1 aromatic heterocycles. The lowest BCUT2D eigenvalue weighted by molar-refractivity contribution is 0.174. The Morgan fingerprint density at radius 2 is 2.26 bits per heavy atom. The van der Waals surface area contributed by atoms with Crippen LogP contribution in [0.3, 0.4) is 0 Å². The van der Waals surface area contributed by atoms with Gasteiger partial charge in [0.2, 0.25) is 0 Å². The molecular weight excluding hydrogens is 306 g/mol. The van der Waals surface area contributed by atoms with Crippen LogP contribution in [0.25, 0.3) is 0 Å². The number of aliphatic hydroxyl groups excluding tert-OH is 1. The number of nitrogens with zero attached hydrogens (tertiary/aromatic N) is 2. The van der Waals surface area contributed by atoms with Crippen molar-refractivity contribution >= 4 is 15.9 Å². The zero-order valence-corrected chi connectivity index (χ0v) is 12.7. The van der Waals surface area contributed by atoms with Crippen LogP contribution >= 0.6 is 15.9 Å². The molecule has 1 atom stereocenters. The fourth-order valence-electron chi connectivity index (χ4n) is 2.00. The van der Waals surface area contributed by atoms with Crippen molar-refractivity contribution < 1.29 is 5.11 Å². The molecule has 0 amide bonds. The first-order valence-electron chi connectivity index (χ1n) is 6.19. The Labute approximate surface area is 121 Å². The molecule has 2 N–H and O–H groups in total. The van der Waals surface area contributed by atoms with Gasteiger partial charge in [0.15, 0.2) is 0 Å². The third-order valence-corrected chi connectivity index (χ3v) is 3.49. The van der Waals surface area contributed by atoms with Gasteiger partial charge in [-0.15, -0.1) is 0 Å². The minimum absolute atomic E-state index is 0.505. The Hall–Kier alpha value is -1.17. The summed E-state index contributed by atoms with van der Waals surface area (Å²) in [5, 5.41) is 17.6. The highest BCUT2D eigenvalue weighted by Crippen LogP contribution is 2.17. The monoisotopic (exact) mass is 323 g/mol. The van der Waals surface area contributed by atoms with Gasteiger partial charge in [-0.2, -0.15) is 5.10 Å². The lowest BCUT2D eigenvalue weighted by Crippen LogP contribution is -2.21. The average Bonchev–Trinajstić information content (AvgIpc) is 2.68. The molecule has 1 unspecified atom stereocenters. The first-order chi connectivity index (χ1) is 9.06. The second-order valence-corrected chi connectivity index (χ2v) is 5.53.